The lowest BCUT2D eigenvalue weighted by Gasteiger charge is -2.34. The molecule has 0 aliphatic carbocycles. The fourth-order valence-corrected chi connectivity index (χ4v) is 6.64. The quantitative estimate of drug-likeness (QED) is 0.168. The third kappa shape index (κ3) is 8.35. The summed E-state index contributed by atoms with van der Waals surface area (Å²) in [6.45, 7) is 5.58. The summed E-state index contributed by atoms with van der Waals surface area (Å²) in [6, 6.07) is 31.0. The molecule has 260 valence electrons. The van der Waals surface area contributed by atoms with Crippen molar-refractivity contribution in [1.29, 1.82) is 0 Å². The van der Waals surface area contributed by atoms with Crippen molar-refractivity contribution in [3.8, 4) is 17.2 Å². The van der Waals surface area contributed by atoms with Gasteiger partial charge in [0.15, 0.2) is 0 Å². The van der Waals surface area contributed by atoms with Gasteiger partial charge in [0.05, 0.1) is 25.5 Å². The Morgan fingerprint density at radius 1 is 1.02 bits per heavy atom. The number of aliphatic hydroxyl groups is 1. The van der Waals surface area contributed by atoms with Crippen LogP contribution < -0.4 is 14.8 Å². The predicted molar refractivity (Wildman–Crippen MR) is 197 cm³/mol. The molecule has 9 heteroatoms. The normalized spacial score (nSPS) is 17.0. The molecule has 0 fully saturated rings. The molecule has 50 heavy (non-hydrogen) atoms. The van der Waals surface area contributed by atoms with Crippen molar-refractivity contribution in [3.63, 3.8) is 0 Å². The number of amides is 2. The number of para-hydroxylation sites is 2. The number of carbonyl (C=O) groups excluding carboxylic acids is 2. The highest BCUT2D eigenvalue weighted by Gasteiger charge is 2.31. The van der Waals surface area contributed by atoms with E-state index in [0.717, 1.165) is 33.5 Å². The van der Waals surface area contributed by atoms with Crippen LogP contribution in [0.15, 0.2) is 103 Å². The largest absolute Gasteiger partial charge is 0.488 e. The second-order valence-corrected chi connectivity index (χ2v) is 13.5. The van der Waals surface area contributed by atoms with Gasteiger partial charge < -0.3 is 29.4 Å². The molecule has 1 aliphatic heterocycles. The predicted octanol–water partition coefficient (Wildman–Crippen LogP) is 6.43. The van der Waals surface area contributed by atoms with E-state index in [1.54, 1.807) is 4.90 Å². The first kappa shape index (κ1) is 34.7. The Labute approximate surface area is 294 Å². The monoisotopic (exact) mass is 674 g/mol. The minimum absolute atomic E-state index is 0.0249. The Morgan fingerprint density at radius 2 is 1.74 bits per heavy atom. The van der Waals surface area contributed by atoms with Crippen LogP contribution in [-0.4, -0.2) is 70.2 Å². The zero-order valence-electron chi connectivity index (χ0n) is 29.2. The van der Waals surface area contributed by atoms with Gasteiger partial charge in [-0.1, -0.05) is 55.5 Å². The summed E-state index contributed by atoms with van der Waals surface area (Å²) in [6.07, 6.45) is 2.07. The first-order valence-electron chi connectivity index (χ1n) is 17.2. The molecule has 4 aromatic carbocycles. The highest BCUT2D eigenvalue weighted by atomic mass is 16.5. The van der Waals surface area contributed by atoms with Crippen molar-refractivity contribution in [2.45, 2.75) is 45.4 Å². The third-order valence-corrected chi connectivity index (χ3v) is 9.38. The number of fused-ring (bicyclic) bond motifs is 2. The van der Waals surface area contributed by atoms with E-state index in [9.17, 15) is 14.7 Å². The molecule has 1 aliphatic rings. The molecule has 0 saturated carbocycles. The summed E-state index contributed by atoms with van der Waals surface area (Å²) in [7, 11) is 4.04. The highest BCUT2D eigenvalue weighted by Crippen LogP contribution is 2.30. The van der Waals surface area contributed by atoms with Gasteiger partial charge in [-0.2, -0.15) is 0 Å². The molecule has 0 bridgehead atoms. The van der Waals surface area contributed by atoms with Crippen LogP contribution in [0.25, 0.3) is 10.9 Å². The van der Waals surface area contributed by atoms with Gasteiger partial charge in [0, 0.05) is 61.0 Å². The topological polar surface area (TPSA) is 96.3 Å². The molecule has 5 aromatic rings. The van der Waals surface area contributed by atoms with E-state index in [0.29, 0.717) is 36.6 Å². The lowest BCUT2D eigenvalue weighted by atomic mass is 10.0. The molecule has 0 saturated heterocycles. The Hall–Kier alpha value is -5.12. The summed E-state index contributed by atoms with van der Waals surface area (Å²) in [5, 5.41) is 14.1. The van der Waals surface area contributed by atoms with Gasteiger partial charge in [-0.25, -0.2) is 0 Å². The third-order valence-electron chi connectivity index (χ3n) is 9.38. The van der Waals surface area contributed by atoms with Gasteiger partial charge >= 0.3 is 0 Å². The van der Waals surface area contributed by atoms with Crippen LogP contribution in [0.5, 0.6) is 17.2 Å². The van der Waals surface area contributed by atoms with Crippen LogP contribution >= 0.6 is 0 Å². The van der Waals surface area contributed by atoms with Gasteiger partial charge in [0.1, 0.15) is 23.4 Å². The lowest BCUT2D eigenvalue weighted by molar-refractivity contribution is -0.134. The van der Waals surface area contributed by atoms with Crippen LogP contribution in [0.1, 0.15) is 30.5 Å². The number of aromatic nitrogens is 1. The number of hydrogen-bond acceptors (Lipinski definition) is 6. The number of ether oxygens (including phenoxy) is 2. The fourth-order valence-electron chi connectivity index (χ4n) is 6.64. The van der Waals surface area contributed by atoms with E-state index in [1.807, 2.05) is 110 Å². The Bertz CT molecular complexity index is 1920. The van der Waals surface area contributed by atoms with E-state index in [1.165, 1.54) is 0 Å². The van der Waals surface area contributed by atoms with Crippen molar-refractivity contribution in [1.82, 2.24) is 14.4 Å². The maximum atomic E-state index is 13.7. The molecule has 1 aromatic heterocycles. The second kappa shape index (κ2) is 15.6. The Kier molecular flexibility index (Phi) is 10.8. The average molecular weight is 675 g/mol. The number of nitrogens with zero attached hydrogens (tertiary/aromatic N) is 3. The Morgan fingerprint density at radius 3 is 2.50 bits per heavy atom. The molecular weight excluding hydrogens is 628 g/mol. The molecule has 2 amide bonds. The summed E-state index contributed by atoms with van der Waals surface area (Å²) >= 11 is 0. The molecule has 0 spiro atoms. The first-order valence-corrected chi connectivity index (χ1v) is 17.2. The number of aliphatic hydroxyl groups excluding tert-OH is 1. The minimum atomic E-state index is -0.343. The maximum Gasteiger partial charge on any atom is 0.228 e. The zero-order chi connectivity index (χ0) is 35.2. The molecule has 0 radical (unpaired) electrons. The average Bonchev–Trinajstić information content (AvgIpc) is 3.44. The standard InChI is InChI=1S/C41H46N4O5/c1-28-23-45(29(2)27-46)41(48)22-31-20-33(42-40(47)21-32-25-44(4)37-13-9-8-12-36(32)37)16-19-38(31)50-39(28)26-43(3)24-30-14-17-35(18-15-30)49-34-10-6-5-7-11-34/h5-20,25,28-29,39,46H,21-24,26-27H2,1-4H3,(H,42,47)/t28-,29-,39+/m1/s1. The number of aryl methyl sites for hydroxylation is 1. The number of carbonyl (C=O) groups is 2. The fraction of sp³-hybridized carbons (Fsp3) is 0.317. The van der Waals surface area contributed by atoms with Crippen molar-refractivity contribution in [2.24, 2.45) is 13.0 Å². The number of nitrogens with one attached hydrogen (secondary N) is 1. The Balaban J connectivity index is 1.17. The van der Waals surface area contributed by atoms with Crippen LogP contribution in [0.4, 0.5) is 5.69 Å². The molecule has 2 heterocycles. The number of anilines is 1. The van der Waals surface area contributed by atoms with Gasteiger partial charge in [-0.15, -0.1) is 0 Å². The molecule has 9 nitrogen and oxygen atoms in total. The maximum absolute atomic E-state index is 13.7. The molecular formula is C41H46N4O5. The number of rotatable bonds is 11. The van der Waals surface area contributed by atoms with E-state index >= 15 is 0 Å². The summed E-state index contributed by atoms with van der Waals surface area (Å²) in [5.41, 5.74) is 4.47. The zero-order valence-corrected chi connectivity index (χ0v) is 29.2. The van der Waals surface area contributed by atoms with Crippen molar-refractivity contribution in [3.05, 3.63) is 120 Å². The number of hydrogen-bond donors (Lipinski definition) is 2. The first-order chi connectivity index (χ1) is 24.2. The molecule has 6 rings (SSSR count). The molecule has 2 N–H and O–H groups in total. The van der Waals surface area contributed by atoms with Gasteiger partial charge in [0.25, 0.3) is 0 Å². The van der Waals surface area contributed by atoms with Crippen LogP contribution in [0, 0.1) is 5.92 Å². The van der Waals surface area contributed by atoms with Crippen molar-refractivity contribution in [2.75, 3.05) is 32.1 Å². The summed E-state index contributed by atoms with van der Waals surface area (Å²) in [4.78, 5) is 30.9. The number of likely N-dealkylation sites (N-methyl/N-ethyl adjacent to an activating group) is 1. The smallest absolute Gasteiger partial charge is 0.228 e. The van der Waals surface area contributed by atoms with Crippen LogP contribution in [0.2, 0.25) is 0 Å². The van der Waals surface area contributed by atoms with E-state index in [-0.39, 0.29) is 49.3 Å². The van der Waals surface area contributed by atoms with E-state index in [4.69, 9.17) is 9.47 Å². The van der Waals surface area contributed by atoms with E-state index < -0.39 is 0 Å². The van der Waals surface area contributed by atoms with Gasteiger partial charge in [-0.05, 0) is 73.6 Å². The van der Waals surface area contributed by atoms with Crippen LogP contribution in [-0.2, 0) is 36.0 Å². The van der Waals surface area contributed by atoms with Gasteiger partial charge in [0.2, 0.25) is 11.8 Å². The van der Waals surface area contributed by atoms with Gasteiger partial charge in [-0.3, -0.25) is 14.5 Å². The lowest BCUT2D eigenvalue weighted by Crippen LogP contribution is -2.47. The highest BCUT2D eigenvalue weighted by molar-refractivity contribution is 5.96. The van der Waals surface area contributed by atoms with E-state index in [2.05, 4.69) is 36.3 Å². The summed E-state index contributed by atoms with van der Waals surface area (Å²) < 4.78 is 14.7. The SMILES string of the molecule is C[C@@H]1CN([C@H](C)CO)C(=O)Cc2cc(NC(=O)Cc3cn(C)c4ccccc34)ccc2O[C@H]1CN(C)Cc1ccc(Oc2ccccc2)cc1. The number of benzene rings is 4. The second-order valence-electron chi connectivity index (χ2n) is 13.5. The van der Waals surface area contributed by atoms with Crippen LogP contribution in [0.3, 0.4) is 0 Å². The minimum Gasteiger partial charge on any atom is -0.488 e. The van der Waals surface area contributed by atoms with Crippen molar-refractivity contribution < 1.29 is 24.2 Å². The summed E-state index contributed by atoms with van der Waals surface area (Å²) in [5.74, 6) is 1.94. The molecule has 3 atom stereocenters. The molecule has 0 unspecified atom stereocenters. The van der Waals surface area contributed by atoms with Crippen molar-refractivity contribution >= 4 is 28.4 Å².